The van der Waals surface area contributed by atoms with Crippen molar-refractivity contribution < 1.29 is 12.8 Å². The third-order valence-corrected chi connectivity index (χ3v) is 5.58. The first kappa shape index (κ1) is 19.4. The smallest absolute Gasteiger partial charge is 0.277 e. The summed E-state index contributed by atoms with van der Waals surface area (Å²) in [5, 5.41) is 5.82. The van der Waals surface area contributed by atoms with E-state index in [2.05, 4.69) is 9.97 Å². The SMILES string of the molecule is Cl.NS(=O)(=O)N1CCc2cc(F)c(-c3ccnc4[nH]c(=O)ccc34)cc2C1. The van der Waals surface area contributed by atoms with Crippen LogP contribution in [-0.2, 0) is 23.2 Å². The van der Waals surface area contributed by atoms with E-state index < -0.39 is 16.0 Å². The highest BCUT2D eigenvalue weighted by atomic mass is 35.5. The second kappa shape index (κ2) is 7.01. The normalized spacial score (nSPS) is 14.6. The van der Waals surface area contributed by atoms with E-state index in [0.29, 0.717) is 34.1 Å². The highest BCUT2D eigenvalue weighted by molar-refractivity contribution is 7.86. The number of aromatic amines is 1. The first-order valence-corrected chi connectivity index (χ1v) is 9.41. The third kappa shape index (κ3) is 3.59. The van der Waals surface area contributed by atoms with Crippen LogP contribution in [0.4, 0.5) is 4.39 Å². The molecule has 1 aliphatic heterocycles. The lowest BCUT2D eigenvalue weighted by molar-refractivity contribution is 0.391. The lowest BCUT2D eigenvalue weighted by Gasteiger charge is -2.27. The Morgan fingerprint density at radius 3 is 2.67 bits per heavy atom. The van der Waals surface area contributed by atoms with E-state index in [0.717, 1.165) is 5.56 Å². The van der Waals surface area contributed by atoms with Crippen molar-refractivity contribution in [3.05, 3.63) is 63.8 Å². The second-order valence-corrected chi connectivity index (χ2v) is 7.72. The van der Waals surface area contributed by atoms with Crippen molar-refractivity contribution in [1.29, 1.82) is 0 Å². The van der Waals surface area contributed by atoms with Crippen molar-refractivity contribution >= 4 is 33.6 Å². The van der Waals surface area contributed by atoms with Gasteiger partial charge in [0.25, 0.3) is 10.2 Å². The molecule has 0 amide bonds. The molecule has 0 spiro atoms. The summed E-state index contributed by atoms with van der Waals surface area (Å²) in [5.41, 5.74) is 2.42. The molecule has 142 valence electrons. The molecule has 0 fully saturated rings. The van der Waals surface area contributed by atoms with Crippen LogP contribution in [0.5, 0.6) is 0 Å². The van der Waals surface area contributed by atoms with E-state index in [1.54, 1.807) is 18.2 Å². The molecule has 3 aromatic rings. The molecule has 3 heterocycles. The summed E-state index contributed by atoms with van der Waals surface area (Å²) in [6.07, 6.45) is 1.89. The maximum Gasteiger partial charge on any atom is 0.277 e. The standard InChI is InChI=1S/C17H15FN4O3S.ClH/c18-15-8-10-4-6-22(26(19,24)25)9-11(10)7-14(15)12-3-5-20-17-13(12)1-2-16(23)21-17;/h1-3,5,7-8H,4,6,9H2,(H2,19,24,25)(H,20,21,23);1H. The predicted molar refractivity (Wildman–Crippen MR) is 102 cm³/mol. The van der Waals surface area contributed by atoms with E-state index >= 15 is 0 Å². The average molecular weight is 411 g/mol. The molecule has 0 radical (unpaired) electrons. The van der Waals surface area contributed by atoms with Crippen molar-refractivity contribution in [3.8, 4) is 11.1 Å². The minimum Gasteiger partial charge on any atom is -0.307 e. The van der Waals surface area contributed by atoms with E-state index in [4.69, 9.17) is 5.14 Å². The van der Waals surface area contributed by atoms with Crippen LogP contribution in [-0.4, -0.2) is 29.2 Å². The number of fused-ring (bicyclic) bond motifs is 2. The Bertz CT molecular complexity index is 1200. The molecular formula is C17H16ClFN4O3S. The number of nitrogens with two attached hydrogens (primary N) is 1. The lowest BCUT2D eigenvalue weighted by Crippen LogP contribution is -2.40. The van der Waals surface area contributed by atoms with Gasteiger partial charge in [0.2, 0.25) is 5.56 Å². The van der Waals surface area contributed by atoms with Gasteiger partial charge in [0.15, 0.2) is 0 Å². The van der Waals surface area contributed by atoms with Gasteiger partial charge in [0, 0.05) is 36.3 Å². The molecule has 0 saturated heterocycles. The summed E-state index contributed by atoms with van der Waals surface area (Å²) in [5.74, 6) is -0.411. The Morgan fingerprint density at radius 1 is 1.15 bits per heavy atom. The Kier molecular flexibility index (Phi) is 5.04. The summed E-state index contributed by atoms with van der Waals surface area (Å²) >= 11 is 0. The van der Waals surface area contributed by atoms with Gasteiger partial charge < -0.3 is 4.98 Å². The quantitative estimate of drug-likeness (QED) is 0.670. The highest BCUT2D eigenvalue weighted by Crippen LogP contribution is 2.32. The Morgan fingerprint density at radius 2 is 1.93 bits per heavy atom. The number of benzene rings is 1. The molecule has 4 rings (SSSR count). The van der Waals surface area contributed by atoms with Crippen LogP contribution < -0.4 is 10.7 Å². The zero-order valence-electron chi connectivity index (χ0n) is 14.0. The third-order valence-electron chi connectivity index (χ3n) is 4.55. The van der Waals surface area contributed by atoms with E-state index in [9.17, 15) is 17.6 Å². The van der Waals surface area contributed by atoms with Crippen molar-refractivity contribution in [2.75, 3.05) is 6.54 Å². The molecule has 7 nitrogen and oxygen atoms in total. The largest absolute Gasteiger partial charge is 0.307 e. The van der Waals surface area contributed by atoms with E-state index in [1.807, 2.05) is 0 Å². The fraction of sp³-hybridized carbons (Fsp3) is 0.176. The molecule has 0 bridgehead atoms. The molecular weight excluding hydrogens is 395 g/mol. The molecule has 1 aliphatic rings. The maximum atomic E-state index is 14.8. The minimum absolute atomic E-state index is 0. The molecule has 3 N–H and O–H groups in total. The predicted octanol–water partition coefficient (Wildman–Crippen LogP) is 1.71. The summed E-state index contributed by atoms with van der Waals surface area (Å²) in [4.78, 5) is 18.2. The number of hydrogen-bond acceptors (Lipinski definition) is 4. The van der Waals surface area contributed by atoms with Gasteiger partial charge in [-0.25, -0.2) is 14.5 Å². The molecule has 1 aromatic carbocycles. The Hall–Kier alpha value is -2.33. The summed E-state index contributed by atoms with van der Waals surface area (Å²) < 4.78 is 39.1. The first-order chi connectivity index (χ1) is 12.3. The van der Waals surface area contributed by atoms with Crippen LogP contribution in [0.2, 0.25) is 0 Å². The van der Waals surface area contributed by atoms with Crippen LogP contribution >= 0.6 is 12.4 Å². The lowest BCUT2D eigenvalue weighted by atomic mass is 9.94. The maximum absolute atomic E-state index is 14.8. The van der Waals surface area contributed by atoms with Gasteiger partial charge in [-0.15, -0.1) is 12.4 Å². The average Bonchev–Trinajstić information content (AvgIpc) is 2.59. The molecule has 0 saturated carbocycles. The van der Waals surface area contributed by atoms with Crippen LogP contribution in [0.25, 0.3) is 22.2 Å². The molecule has 10 heteroatoms. The molecule has 27 heavy (non-hydrogen) atoms. The van der Waals surface area contributed by atoms with Crippen molar-refractivity contribution in [1.82, 2.24) is 14.3 Å². The number of hydrogen-bond donors (Lipinski definition) is 2. The van der Waals surface area contributed by atoms with Gasteiger partial charge in [-0.1, -0.05) is 0 Å². The number of rotatable bonds is 2. The highest BCUT2D eigenvalue weighted by Gasteiger charge is 2.25. The Balaban J connectivity index is 0.00000210. The van der Waals surface area contributed by atoms with Crippen LogP contribution in [0.3, 0.4) is 0 Å². The number of halogens is 2. The molecule has 0 aliphatic carbocycles. The van der Waals surface area contributed by atoms with Gasteiger partial charge in [0.05, 0.1) is 0 Å². The first-order valence-electron chi connectivity index (χ1n) is 7.90. The number of aromatic nitrogens is 2. The van der Waals surface area contributed by atoms with Gasteiger partial charge >= 0.3 is 0 Å². The number of pyridine rings is 2. The monoisotopic (exact) mass is 410 g/mol. The molecule has 2 aromatic heterocycles. The summed E-state index contributed by atoms with van der Waals surface area (Å²) in [6.45, 7) is 0.325. The van der Waals surface area contributed by atoms with Crippen molar-refractivity contribution in [3.63, 3.8) is 0 Å². The van der Waals surface area contributed by atoms with Gasteiger partial charge in [-0.3, -0.25) is 4.79 Å². The van der Waals surface area contributed by atoms with Gasteiger partial charge in [-0.05, 0) is 47.4 Å². The zero-order valence-corrected chi connectivity index (χ0v) is 15.6. The van der Waals surface area contributed by atoms with Crippen LogP contribution in [0.1, 0.15) is 11.1 Å². The molecule has 0 atom stereocenters. The number of H-pyrrole nitrogens is 1. The topological polar surface area (TPSA) is 109 Å². The number of nitrogens with one attached hydrogen (secondary N) is 1. The zero-order chi connectivity index (χ0) is 18.5. The van der Waals surface area contributed by atoms with Crippen LogP contribution in [0.15, 0.2) is 41.3 Å². The Labute approximate surface area is 160 Å². The summed E-state index contributed by atoms with van der Waals surface area (Å²) in [6, 6.07) is 7.68. The molecule has 0 unspecified atom stereocenters. The second-order valence-electron chi connectivity index (χ2n) is 6.17. The van der Waals surface area contributed by atoms with Crippen molar-refractivity contribution in [2.45, 2.75) is 13.0 Å². The van der Waals surface area contributed by atoms with Gasteiger partial charge in [-0.2, -0.15) is 12.7 Å². The van der Waals surface area contributed by atoms with E-state index in [1.165, 1.54) is 22.6 Å². The fourth-order valence-corrected chi connectivity index (χ4v) is 3.94. The van der Waals surface area contributed by atoms with Gasteiger partial charge in [0.1, 0.15) is 11.5 Å². The number of nitrogens with zero attached hydrogens (tertiary/aromatic N) is 2. The van der Waals surface area contributed by atoms with Crippen LogP contribution in [0, 0.1) is 5.82 Å². The van der Waals surface area contributed by atoms with Crippen molar-refractivity contribution in [2.24, 2.45) is 5.14 Å². The fourth-order valence-electron chi connectivity index (χ4n) is 3.27. The summed E-state index contributed by atoms with van der Waals surface area (Å²) in [7, 11) is -3.81. The minimum atomic E-state index is -3.81. The van der Waals surface area contributed by atoms with E-state index in [-0.39, 0.29) is 31.1 Å².